The Bertz CT molecular complexity index is 468. The van der Waals surface area contributed by atoms with Gasteiger partial charge in [-0.1, -0.05) is 60.1 Å². The minimum Gasteiger partial charge on any atom is -0.675 e. The molecule has 0 unspecified atom stereocenters. The van der Waals surface area contributed by atoms with Crippen molar-refractivity contribution < 1.29 is 21.7 Å². The Morgan fingerprint density at radius 2 is 1.25 bits per heavy atom. The molecule has 0 aromatic heterocycles. The van der Waals surface area contributed by atoms with E-state index in [1.165, 1.54) is 16.3 Å². The number of fused-ring (bicyclic) bond motifs is 1. The van der Waals surface area contributed by atoms with E-state index in [9.17, 15) is 0 Å². The zero-order valence-corrected chi connectivity index (χ0v) is 18.0. The Kier molecular flexibility index (Phi) is 20.3. The number of benzene rings is 1. The topological polar surface area (TPSA) is 71.4 Å². The van der Waals surface area contributed by atoms with Crippen LogP contribution in [0.3, 0.4) is 0 Å². The van der Waals surface area contributed by atoms with Gasteiger partial charge in [0.2, 0.25) is 0 Å². The summed E-state index contributed by atoms with van der Waals surface area (Å²) in [4.78, 5) is 0. The van der Waals surface area contributed by atoms with Crippen LogP contribution >= 0.6 is 0 Å². The predicted molar refractivity (Wildman–Crippen MR) is 107 cm³/mol. The predicted octanol–water partition coefficient (Wildman–Crippen LogP) is 7.46. The summed E-state index contributed by atoms with van der Waals surface area (Å²) < 4.78 is 0. The molecule has 3 nitrogen and oxygen atoms in total. The van der Waals surface area contributed by atoms with Crippen molar-refractivity contribution in [1.82, 2.24) is 0 Å². The molecule has 0 aliphatic rings. The monoisotopic (exact) mass is 365 g/mol. The zero-order chi connectivity index (χ0) is 18.4. The maximum Gasteiger partial charge on any atom is 4.00 e. The van der Waals surface area contributed by atoms with Crippen LogP contribution in [0.2, 0.25) is 0 Å². The van der Waals surface area contributed by atoms with E-state index < -0.39 is 0 Å². The fraction of sp³-hybridized carbons (Fsp3) is 0.550. The van der Waals surface area contributed by atoms with Gasteiger partial charge in [0.1, 0.15) is 0 Å². The van der Waals surface area contributed by atoms with Crippen molar-refractivity contribution in [3.05, 3.63) is 59.2 Å². The van der Waals surface area contributed by atoms with Gasteiger partial charge in [-0.2, -0.15) is 12.1 Å². The van der Waals surface area contributed by atoms with Gasteiger partial charge in [0, 0.05) is 0 Å². The summed E-state index contributed by atoms with van der Waals surface area (Å²) in [7, 11) is 0. The fourth-order valence-electron chi connectivity index (χ4n) is 1.54. The second-order valence-corrected chi connectivity index (χ2v) is 6.26. The Hall–Kier alpha value is -0.576. The number of nitrogens with one attached hydrogen (secondary N) is 3. The van der Waals surface area contributed by atoms with Gasteiger partial charge in [-0.3, -0.25) is 0 Å². The van der Waals surface area contributed by atoms with Gasteiger partial charge in [0.25, 0.3) is 0 Å². The summed E-state index contributed by atoms with van der Waals surface area (Å²) in [6, 6.07) is 13.2. The second kappa shape index (κ2) is 17.3. The van der Waals surface area contributed by atoms with E-state index in [0.29, 0.717) is 0 Å². The normalized spacial score (nSPS) is 9.38. The van der Waals surface area contributed by atoms with E-state index in [-0.39, 0.29) is 39.8 Å². The average molecular weight is 365 g/mol. The smallest absolute Gasteiger partial charge is 0.675 e. The van der Waals surface area contributed by atoms with Crippen molar-refractivity contribution in [1.29, 1.82) is 0 Å². The van der Waals surface area contributed by atoms with Crippen molar-refractivity contribution in [2.24, 2.45) is 0 Å². The molecule has 0 radical (unpaired) electrons. The van der Waals surface area contributed by atoms with Crippen LogP contribution < -0.4 is 0 Å². The molecule has 2 aromatic rings. The first-order valence-corrected chi connectivity index (χ1v) is 8.38. The molecule has 0 saturated heterocycles. The SMILES string of the molecule is CC(C)[NH-].CC(C)[NH-].CC(C)[NH-].CCc1cccc2[cH-]ccc12.[Ti+4]. The molecular weight excluding hydrogens is 330 g/mol. The first-order valence-electron chi connectivity index (χ1n) is 8.38. The van der Waals surface area contributed by atoms with Crippen molar-refractivity contribution in [2.75, 3.05) is 0 Å². The molecule has 0 bridgehead atoms. The average Bonchev–Trinajstić information content (AvgIpc) is 2.84. The van der Waals surface area contributed by atoms with Crippen molar-refractivity contribution in [3.8, 4) is 0 Å². The zero-order valence-electron chi connectivity index (χ0n) is 16.4. The third kappa shape index (κ3) is 19.5. The summed E-state index contributed by atoms with van der Waals surface area (Å²) in [5.41, 5.74) is 21.2. The summed E-state index contributed by atoms with van der Waals surface area (Å²) in [6.45, 7) is 13.2. The van der Waals surface area contributed by atoms with E-state index in [1.807, 2.05) is 41.5 Å². The Balaban J connectivity index is -0.000000288. The van der Waals surface area contributed by atoms with E-state index in [4.69, 9.17) is 17.2 Å². The third-order valence-corrected chi connectivity index (χ3v) is 2.15. The van der Waals surface area contributed by atoms with Crippen LogP contribution in [0.15, 0.2) is 36.4 Å². The number of rotatable bonds is 1. The van der Waals surface area contributed by atoms with Gasteiger partial charge < -0.3 is 17.2 Å². The van der Waals surface area contributed by atoms with E-state index in [2.05, 4.69) is 43.3 Å². The molecule has 2 rings (SSSR count). The van der Waals surface area contributed by atoms with Crippen LogP contribution in [0.1, 0.15) is 54.0 Å². The Morgan fingerprint density at radius 1 is 0.833 bits per heavy atom. The Morgan fingerprint density at radius 3 is 1.62 bits per heavy atom. The summed E-state index contributed by atoms with van der Waals surface area (Å²) in [5.74, 6) is 0. The van der Waals surface area contributed by atoms with Crippen molar-refractivity contribution >= 4 is 10.8 Å². The van der Waals surface area contributed by atoms with Crippen LogP contribution in [-0.2, 0) is 28.1 Å². The maximum atomic E-state index is 6.58. The molecule has 0 saturated carbocycles. The van der Waals surface area contributed by atoms with Crippen LogP contribution in [0.4, 0.5) is 0 Å². The summed E-state index contributed by atoms with van der Waals surface area (Å²) in [6.07, 6.45) is 1.13. The number of hydrogen-bond acceptors (Lipinski definition) is 0. The van der Waals surface area contributed by atoms with Crippen molar-refractivity contribution in [3.63, 3.8) is 0 Å². The van der Waals surface area contributed by atoms with Crippen LogP contribution in [-0.4, -0.2) is 18.1 Å². The molecule has 0 aliphatic heterocycles. The third-order valence-electron chi connectivity index (χ3n) is 2.15. The molecule has 134 valence electrons. The van der Waals surface area contributed by atoms with Gasteiger partial charge in [0.05, 0.1) is 0 Å². The molecule has 2 aromatic carbocycles. The number of aryl methyl sites for hydroxylation is 1. The molecule has 0 fully saturated rings. The van der Waals surface area contributed by atoms with Crippen LogP contribution in [0.25, 0.3) is 28.0 Å². The first-order chi connectivity index (χ1) is 10.6. The number of hydrogen-bond donors (Lipinski definition) is 0. The van der Waals surface area contributed by atoms with Gasteiger partial charge in [0.15, 0.2) is 0 Å². The standard InChI is InChI=1S/C11H11.3C3H8N.Ti/c1-2-9-5-3-6-10-7-4-8-11(9)10;3*1-3(2)4;/h3-8H,2H2,1H3;3*3-4H,1-2H3;/q4*-1;+4. The first kappa shape index (κ1) is 28.2. The second-order valence-electron chi connectivity index (χ2n) is 6.26. The summed E-state index contributed by atoms with van der Waals surface area (Å²) in [5, 5.41) is 2.78. The van der Waals surface area contributed by atoms with Crippen LogP contribution in [0, 0.1) is 0 Å². The molecule has 0 spiro atoms. The van der Waals surface area contributed by atoms with Gasteiger partial charge in [-0.25, -0.2) is 0 Å². The fourth-order valence-corrected chi connectivity index (χ4v) is 1.54. The molecule has 0 aliphatic carbocycles. The minimum absolute atomic E-state index is 0. The van der Waals surface area contributed by atoms with E-state index in [0.717, 1.165) is 6.42 Å². The van der Waals surface area contributed by atoms with Gasteiger partial charge in [-0.05, 0) is 6.42 Å². The molecule has 0 heterocycles. The van der Waals surface area contributed by atoms with Gasteiger partial charge in [-0.15, -0.1) is 47.1 Å². The van der Waals surface area contributed by atoms with Crippen LogP contribution in [0.5, 0.6) is 0 Å². The van der Waals surface area contributed by atoms with Crippen molar-refractivity contribution in [2.45, 2.75) is 73.0 Å². The molecule has 0 atom stereocenters. The molecule has 24 heavy (non-hydrogen) atoms. The molecule has 0 amide bonds. The molecule has 3 N–H and O–H groups in total. The van der Waals surface area contributed by atoms with E-state index in [1.54, 1.807) is 0 Å². The molecule has 4 heteroatoms. The molecular formula is C20H35N3Ti. The van der Waals surface area contributed by atoms with Gasteiger partial charge >= 0.3 is 21.7 Å². The largest absolute Gasteiger partial charge is 4.00 e. The quantitative estimate of drug-likeness (QED) is 0.372. The minimum atomic E-state index is 0. The summed E-state index contributed by atoms with van der Waals surface area (Å²) >= 11 is 0. The Labute approximate surface area is 164 Å². The maximum absolute atomic E-state index is 6.58. The van der Waals surface area contributed by atoms with E-state index >= 15 is 0 Å².